The molecule has 1 saturated carbocycles. The van der Waals surface area contributed by atoms with Gasteiger partial charge in [0.1, 0.15) is 5.60 Å². The molecule has 0 bridgehead atoms. The number of nitrogens with two attached hydrogens (primary N) is 1. The van der Waals surface area contributed by atoms with Gasteiger partial charge in [0, 0.05) is 5.92 Å². The molecule has 0 spiro atoms. The molecule has 1 aliphatic carbocycles. The van der Waals surface area contributed by atoms with E-state index in [2.05, 4.69) is 0 Å². The highest BCUT2D eigenvalue weighted by atomic mass is 16.3. The summed E-state index contributed by atoms with van der Waals surface area (Å²) in [5.74, 6) is -0.749. The molecule has 1 amide bonds. The van der Waals surface area contributed by atoms with E-state index >= 15 is 0 Å². The average molecular weight is 219 g/mol. The van der Waals surface area contributed by atoms with Gasteiger partial charge in [0.05, 0.1) is 0 Å². The molecular formula is C13H17NO2. The number of carbonyl (C=O) groups excluding carboxylic acids is 1. The Morgan fingerprint density at radius 3 is 2.62 bits per heavy atom. The highest BCUT2D eigenvalue weighted by molar-refractivity contribution is 5.84. The molecule has 0 aliphatic heterocycles. The Balaban J connectivity index is 2.34. The minimum absolute atomic E-state index is 0.153. The highest BCUT2D eigenvalue weighted by Crippen LogP contribution is 2.40. The second kappa shape index (κ2) is 4.26. The standard InChI is InChI=1S/C13H17NO2/c14-12(15)13(16)9-5-4-8-11(13)10-6-2-1-3-7-10/h1-3,6-7,11,16H,4-5,8-9H2,(H2,14,15). The minimum atomic E-state index is -1.36. The molecule has 1 fully saturated rings. The zero-order valence-electron chi connectivity index (χ0n) is 9.23. The van der Waals surface area contributed by atoms with E-state index in [1.807, 2.05) is 30.3 Å². The summed E-state index contributed by atoms with van der Waals surface area (Å²) in [6, 6.07) is 9.67. The van der Waals surface area contributed by atoms with E-state index in [1.165, 1.54) is 0 Å². The Kier molecular flexibility index (Phi) is 2.97. The predicted octanol–water partition coefficient (Wildman–Crippen LogP) is 1.56. The van der Waals surface area contributed by atoms with Crippen molar-refractivity contribution >= 4 is 5.91 Å². The summed E-state index contributed by atoms with van der Waals surface area (Å²) in [6.45, 7) is 0. The largest absolute Gasteiger partial charge is 0.379 e. The molecular weight excluding hydrogens is 202 g/mol. The first-order valence-corrected chi connectivity index (χ1v) is 5.72. The van der Waals surface area contributed by atoms with Crippen molar-refractivity contribution in [2.24, 2.45) is 5.73 Å². The van der Waals surface area contributed by atoms with E-state index in [1.54, 1.807) is 0 Å². The van der Waals surface area contributed by atoms with Crippen LogP contribution in [0.25, 0.3) is 0 Å². The predicted molar refractivity (Wildman–Crippen MR) is 61.8 cm³/mol. The lowest BCUT2D eigenvalue weighted by atomic mass is 9.71. The second-order valence-corrected chi connectivity index (χ2v) is 4.50. The maximum Gasteiger partial charge on any atom is 0.250 e. The Bertz CT molecular complexity index is 377. The number of primary amides is 1. The number of hydrogen-bond donors (Lipinski definition) is 2. The maximum atomic E-state index is 11.4. The third-order valence-electron chi connectivity index (χ3n) is 3.51. The van der Waals surface area contributed by atoms with Gasteiger partial charge < -0.3 is 10.8 Å². The number of rotatable bonds is 2. The number of hydrogen-bond acceptors (Lipinski definition) is 2. The quantitative estimate of drug-likeness (QED) is 0.792. The van der Waals surface area contributed by atoms with Gasteiger partial charge in [-0.15, -0.1) is 0 Å². The summed E-state index contributed by atoms with van der Waals surface area (Å²) in [4.78, 5) is 11.4. The third-order valence-corrected chi connectivity index (χ3v) is 3.51. The van der Waals surface area contributed by atoms with E-state index < -0.39 is 11.5 Å². The smallest absolute Gasteiger partial charge is 0.250 e. The maximum absolute atomic E-state index is 11.4. The SMILES string of the molecule is NC(=O)C1(O)CCCCC1c1ccccc1. The van der Waals surface area contributed by atoms with Crippen LogP contribution < -0.4 is 5.73 Å². The van der Waals surface area contributed by atoms with E-state index in [0.717, 1.165) is 24.8 Å². The van der Waals surface area contributed by atoms with Crippen LogP contribution in [0.15, 0.2) is 30.3 Å². The summed E-state index contributed by atoms with van der Waals surface area (Å²) in [6.07, 6.45) is 3.20. The van der Waals surface area contributed by atoms with Gasteiger partial charge in [-0.3, -0.25) is 4.79 Å². The Hall–Kier alpha value is -1.35. The van der Waals surface area contributed by atoms with Crippen molar-refractivity contribution in [1.29, 1.82) is 0 Å². The molecule has 2 atom stereocenters. The topological polar surface area (TPSA) is 63.3 Å². The molecule has 86 valence electrons. The van der Waals surface area contributed by atoms with E-state index in [0.29, 0.717) is 6.42 Å². The molecule has 16 heavy (non-hydrogen) atoms. The molecule has 0 heterocycles. The van der Waals surface area contributed by atoms with Gasteiger partial charge in [-0.2, -0.15) is 0 Å². The fourth-order valence-electron chi connectivity index (χ4n) is 2.58. The third kappa shape index (κ3) is 1.83. The van der Waals surface area contributed by atoms with E-state index in [4.69, 9.17) is 5.73 Å². The summed E-state index contributed by atoms with van der Waals surface area (Å²) in [5.41, 5.74) is 4.98. The van der Waals surface area contributed by atoms with Crippen LogP contribution in [0.5, 0.6) is 0 Å². The second-order valence-electron chi connectivity index (χ2n) is 4.50. The van der Waals surface area contributed by atoms with Gasteiger partial charge in [-0.25, -0.2) is 0 Å². The molecule has 1 aromatic carbocycles. The summed E-state index contributed by atoms with van der Waals surface area (Å²) >= 11 is 0. The monoisotopic (exact) mass is 219 g/mol. The van der Waals surface area contributed by atoms with E-state index in [9.17, 15) is 9.90 Å². The number of amides is 1. The first-order valence-electron chi connectivity index (χ1n) is 5.72. The van der Waals surface area contributed by atoms with Crippen LogP contribution >= 0.6 is 0 Å². The lowest BCUT2D eigenvalue weighted by molar-refractivity contribution is -0.141. The molecule has 0 radical (unpaired) electrons. The van der Waals surface area contributed by atoms with Gasteiger partial charge >= 0.3 is 0 Å². The van der Waals surface area contributed by atoms with Gasteiger partial charge in [-0.05, 0) is 24.8 Å². The van der Waals surface area contributed by atoms with Crippen molar-refractivity contribution < 1.29 is 9.90 Å². The first-order chi connectivity index (χ1) is 7.64. The van der Waals surface area contributed by atoms with Crippen molar-refractivity contribution in [3.63, 3.8) is 0 Å². The molecule has 1 aliphatic rings. The number of aliphatic hydroxyl groups is 1. The summed E-state index contributed by atoms with van der Waals surface area (Å²) < 4.78 is 0. The summed E-state index contributed by atoms with van der Waals surface area (Å²) in [5, 5.41) is 10.4. The Morgan fingerprint density at radius 1 is 1.31 bits per heavy atom. The van der Waals surface area contributed by atoms with Gasteiger partial charge in [-0.1, -0.05) is 36.8 Å². The van der Waals surface area contributed by atoms with Crippen molar-refractivity contribution in [3.05, 3.63) is 35.9 Å². The molecule has 0 saturated heterocycles. The van der Waals surface area contributed by atoms with E-state index in [-0.39, 0.29) is 5.92 Å². The molecule has 1 aromatic rings. The first kappa shape index (κ1) is 11.1. The van der Waals surface area contributed by atoms with Crippen molar-refractivity contribution in [2.75, 3.05) is 0 Å². The van der Waals surface area contributed by atoms with Gasteiger partial charge in [0.2, 0.25) is 5.91 Å². The van der Waals surface area contributed by atoms with Crippen molar-refractivity contribution in [3.8, 4) is 0 Å². The average Bonchev–Trinajstić information content (AvgIpc) is 2.30. The lowest BCUT2D eigenvalue weighted by Gasteiger charge is -2.37. The van der Waals surface area contributed by atoms with Gasteiger partial charge in [0.25, 0.3) is 0 Å². The summed E-state index contributed by atoms with van der Waals surface area (Å²) in [7, 11) is 0. The van der Waals surface area contributed by atoms with Crippen LogP contribution in [0.4, 0.5) is 0 Å². The van der Waals surface area contributed by atoms with Crippen LogP contribution in [0.3, 0.4) is 0 Å². The molecule has 3 N–H and O–H groups in total. The van der Waals surface area contributed by atoms with Crippen LogP contribution in [0, 0.1) is 0 Å². The number of carbonyl (C=O) groups is 1. The molecule has 0 aromatic heterocycles. The fraction of sp³-hybridized carbons (Fsp3) is 0.462. The van der Waals surface area contributed by atoms with Crippen LogP contribution in [-0.2, 0) is 4.79 Å². The van der Waals surface area contributed by atoms with Crippen LogP contribution in [0.1, 0.15) is 37.2 Å². The molecule has 3 nitrogen and oxygen atoms in total. The van der Waals surface area contributed by atoms with Crippen molar-refractivity contribution in [2.45, 2.75) is 37.2 Å². The zero-order chi connectivity index (χ0) is 11.6. The number of benzene rings is 1. The zero-order valence-corrected chi connectivity index (χ0v) is 9.23. The molecule has 2 rings (SSSR count). The minimum Gasteiger partial charge on any atom is -0.379 e. The highest BCUT2D eigenvalue weighted by Gasteiger charge is 2.44. The van der Waals surface area contributed by atoms with Crippen LogP contribution in [-0.4, -0.2) is 16.6 Å². The van der Waals surface area contributed by atoms with Crippen molar-refractivity contribution in [1.82, 2.24) is 0 Å². The fourth-order valence-corrected chi connectivity index (χ4v) is 2.58. The van der Waals surface area contributed by atoms with Gasteiger partial charge in [0.15, 0.2) is 0 Å². The molecule has 3 heteroatoms. The Morgan fingerprint density at radius 2 is 2.00 bits per heavy atom. The molecule has 2 unspecified atom stereocenters. The Labute approximate surface area is 95.3 Å². The lowest BCUT2D eigenvalue weighted by Crippen LogP contribution is -2.50. The normalized spacial score (nSPS) is 29.9. The van der Waals surface area contributed by atoms with Crippen LogP contribution in [0.2, 0.25) is 0 Å².